The Balaban J connectivity index is 0.000000161. The average Bonchev–Trinajstić information content (AvgIpc) is 4.25. The Labute approximate surface area is 474 Å². The summed E-state index contributed by atoms with van der Waals surface area (Å²) in [7, 11) is 0. The number of hydrogen-bond donors (Lipinski definition) is 0. The van der Waals surface area contributed by atoms with Gasteiger partial charge in [0.2, 0.25) is 0 Å². The molecule has 76 heavy (non-hydrogen) atoms. The van der Waals surface area contributed by atoms with Crippen molar-refractivity contribution in [2.45, 2.75) is 347 Å². The van der Waals surface area contributed by atoms with Gasteiger partial charge in [-0.15, -0.1) is 0 Å². The highest BCUT2D eigenvalue weighted by molar-refractivity contribution is 4.91. The summed E-state index contributed by atoms with van der Waals surface area (Å²) >= 11 is 0. The van der Waals surface area contributed by atoms with Crippen molar-refractivity contribution < 1.29 is 13.2 Å². The molecular formula is C73H135F3. The summed E-state index contributed by atoms with van der Waals surface area (Å²) in [6.45, 7) is 29.5. The van der Waals surface area contributed by atoms with Gasteiger partial charge in [-0.2, -0.15) is 13.2 Å². The van der Waals surface area contributed by atoms with Crippen molar-refractivity contribution in [1.29, 1.82) is 0 Å². The van der Waals surface area contributed by atoms with Crippen LogP contribution in [0, 0.1) is 117 Å². The second kappa shape index (κ2) is 33.2. The molecule has 0 heterocycles. The van der Waals surface area contributed by atoms with E-state index in [1.165, 1.54) is 116 Å². The lowest BCUT2D eigenvalue weighted by Gasteiger charge is -2.45. The first kappa shape index (κ1) is 66.6. The van der Waals surface area contributed by atoms with Crippen LogP contribution in [0.5, 0.6) is 0 Å². The second-order valence-corrected chi connectivity index (χ2v) is 31.4. The standard InChI is InChI=1S/C10H17F3.C10H20.3C9H16.2C9H18.C8H14/c1-3-8-4-6-9(2,7-5-8)10(11,12)13;1-4-9-5-7-10(2,3)8-6-9;1-7-6-8-2-4-9(7)5-3-8;1-2-7-3-8-5-9(4-7)6-8;1-2-8-5-7-3-4-9(8)6-7;2*1-3-9-6-4-8(2)5-7-9;1-6-4-7-2-3-8(6)5-7/h8H,3-7H2,1-2H3;9H,4-8H2,1-3H3;3*7-9H,2-6H2,1H3;2*8-9H,3-7H2,1-2H3;6-8H,2-5H2,1H3/t;;7-,8?,9?;;;;;6-,7?,8?/m..1....1/s1. The second-order valence-electron chi connectivity index (χ2n) is 31.4. The quantitative estimate of drug-likeness (QED) is 0.249. The normalized spacial score (nSPS) is 41.3. The summed E-state index contributed by atoms with van der Waals surface area (Å²) in [5.41, 5.74) is -0.746. The van der Waals surface area contributed by atoms with Crippen LogP contribution >= 0.6 is 0 Å². The minimum atomic E-state index is -4.01. The molecular weight excluding hydrogens is 934 g/mol. The lowest BCUT2D eigenvalue weighted by atomic mass is 9.61. The zero-order valence-electron chi connectivity index (χ0n) is 53.6. The van der Waals surface area contributed by atoms with E-state index in [-0.39, 0.29) is 0 Å². The molecule has 5 unspecified atom stereocenters. The maximum Gasteiger partial charge on any atom is 0.394 e. The van der Waals surface area contributed by atoms with Gasteiger partial charge in [0.25, 0.3) is 0 Å². The molecule has 0 aromatic rings. The highest BCUT2D eigenvalue weighted by Crippen LogP contribution is 2.52. The lowest BCUT2D eigenvalue weighted by Crippen LogP contribution is -2.38. The molecule has 14 rings (SSSR count). The molecule has 0 amide bonds. The molecule has 8 bridgehead atoms. The molecule has 0 aromatic heterocycles. The van der Waals surface area contributed by atoms with E-state index in [4.69, 9.17) is 0 Å². The smallest absolute Gasteiger partial charge is 0.171 e. The van der Waals surface area contributed by atoms with Gasteiger partial charge in [0.15, 0.2) is 0 Å². The Kier molecular flexibility index (Phi) is 29.1. The molecule has 0 spiro atoms. The van der Waals surface area contributed by atoms with Gasteiger partial charge in [0.05, 0.1) is 5.41 Å². The Bertz CT molecular complexity index is 1430. The molecule has 14 aliphatic carbocycles. The van der Waals surface area contributed by atoms with E-state index >= 15 is 0 Å². The van der Waals surface area contributed by atoms with Gasteiger partial charge in [-0.1, -0.05) is 206 Å². The molecule has 0 radical (unpaired) electrons. The Morgan fingerprint density at radius 1 is 0.316 bits per heavy atom. The van der Waals surface area contributed by atoms with E-state index in [9.17, 15) is 13.2 Å². The van der Waals surface area contributed by atoms with Crippen LogP contribution in [0.3, 0.4) is 0 Å². The fraction of sp³-hybridized carbons (Fsp3) is 1.00. The van der Waals surface area contributed by atoms with Crippen molar-refractivity contribution in [3.63, 3.8) is 0 Å². The predicted molar refractivity (Wildman–Crippen MR) is 328 cm³/mol. The zero-order chi connectivity index (χ0) is 55.5. The van der Waals surface area contributed by atoms with Gasteiger partial charge >= 0.3 is 6.18 Å². The highest BCUT2D eigenvalue weighted by atomic mass is 19.4. The summed E-state index contributed by atoms with van der Waals surface area (Å²) in [6, 6.07) is 0. The molecule has 0 N–H and O–H groups in total. The van der Waals surface area contributed by atoms with Crippen molar-refractivity contribution in [2.24, 2.45) is 117 Å². The summed E-state index contributed by atoms with van der Waals surface area (Å²) in [4.78, 5) is 0. The fourth-order valence-corrected chi connectivity index (χ4v) is 18.1. The average molecular weight is 1070 g/mol. The monoisotopic (exact) mass is 1070 g/mol. The van der Waals surface area contributed by atoms with Crippen LogP contribution in [0.1, 0.15) is 340 Å². The van der Waals surface area contributed by atoms with Gasteiger partial charge in [0, 0.05) is 0 Å². The molecule has 0 aliphatic heterocycles. The minimum absolute atomic E-state index is 0.314. The van der Waals surface area contributed by atoms with Gasteiger partial charge in [-0.3, -0.25) is 0 Å². The number of fused-ring (bicyclic) bond motifs is 9. The van der Waals surface area contributed by atoms with E-state index in [2.05, 4.69) is 83.1 Å². The lowest BCUT2D eigenvalue weighted by molar-refractivity contribution is -0.229. The van der Waals surface area contributed by atoms with Gasteiger partial charge in [-0.25, -0.2) is 0 Å². The topological polar surface area (TPSA) is 0 Å². The Morgan fingerprint density at radius 2 is 0.684 bits per heavy atom. The van der Waals surface area contributed by atoms with Crippen molar-refractivity contribution in [2.75, 3.05) is 0 Å². The van der Waals surface area contributed by atoms with Crippen molar-refractivity contribution in [1.82, 2.24) is 0 Å². The fourth-order valence-electron chi connectivity index (χ4n) is 18.1. The first-order valence-electron chi connectivity index (χ1n) is 35.2. The number of rotatable bonds is 6. The Morgan fingerprint density at radius 3 is 0.947 bits per heavy atom. The minimum Gasteiger partial charge on any atom is -0.171 e. The maximum absolute atomic E-state index is 12.6. The molecule has 0 aromatic carbocycles. The molecule has 14 saturated carbocycles. The van der Waals surface area contributed by atoms with Crippen LogP contribution < -0.4 is 0 Å². The Hall–Kier alpha value is -0.210. The molecule has 14 fully saturated rings. The molecule has 3 heteroatoms. The third-order valence-corrected chi connectivity index (χ3v) is 25.1. The van der Waals surface area contributed by atoms with E-state index in [1.807, 2.05) is 0 Å². The van der Waals surface area contributed by atoms with Crippen LogP contribution in [0.2, 0.25) is 0 Å². The molecule has 7 atom stereocenters. The third kappa shape index (κ3) is 22.2. The van der Waals surface area contributed by atoms with Crippen molar-refractivity contribution >= 4 is 0 Å². The molecule has 0 nitrogen and oxygen atoms in total. The summed E-state index contributed by atoms with van der Waals surface area (Å²) in [6.07, 6.45) is 50.5. The van der Waals surface area contributed by atoms with Crippen LogP contribution in [-0.2, 0) is 0 Å². The molecule has 448 valence electrons. The highest BCUT2D eigenvalue weighted by Gasteiger charge is 2.52. The van der Waals surface area contributed by atoms with Crippen LogP contribution in [0.15, 0.2) is 0 Å². The largest absolute Gasteiger partial charge is 0.394 e. The van der Waals surface area contributed by atoms with E-state index in [0.29, 0.717) is 24.2 Å². The number of hydrogen-bond acceptors (Lipinski definition) is 0. The third-order valence-electron chi connectivity index (χ3n) is 25.1. The summed E-state index contributed by atoms with van der Waals surface area (Å²) in [5, 5.41) is 0. The first-order valence-corrected chi connectivity index (χ1v) is 35.2. The van der Waals surface area contributed by atoms with E-state index < -0.39 is 11.6 Å². The van der Waals surface area contributed by atoms with Crippen LogP contribution in [-0.4, -0.2) is 6.18 Å². The van der Waals surface area contributed by atoms with E-state index in [1.54, 1.807) is 109 Å². The number of alkyl halides is 3. The van der Waals surface area contributed by atoms with E-state index in [0.717, 1.165) is 120 Å². The maximum atomic E-state index is 12.6. The van der Waals surface area contributed by atoms with Crippen LogP contribution in [0.25, 0.3) is 0 Å². The van der Waals surface area contributed by atoms with Crippen molar-refractivity contribution in [3.05, 3.63) is 0 Å². The summed E-state index contributed by atoms with van der Waals surface area (Å²) < 4.78 is 37.7. The number of halogens is 3. The van der Waals surface area contributed by atoms with Crippen molar-refractivity contribution in [3.8, 4) is 0 Å². The SMILES string of the molecule is CCC1CC2CC(C1)C2.CCC1CC2CCC1C2.CCC1CCC(C)(C(F)(F)F)CC1.CCC1CCC(C)(C)CC1.CCC1CCC(C)CC1.CCC1CCC(C)CC1.C[C@@H]1CC2CCC1C2.C[C@@H]1CC2CCC1CC2. The summed E-state index contributed by atoms with van der Waals surface area (Å²) in [5.74, 6) is 19.3. The van der Waals surface area contributed by atoms with Gasteiger partial charge in [0.1, 0.15) is 0 Å². The molecule has 0 saturated heterocycles. The zero-order valence-corrected chi connectivity index (χ0v) is 53.6. The molecule has 14 aliphatic rings. The van der Waals surface area contributed by atoms with Crippen LogP contribution in [0.4, 0.5) is 13.2 Å². The van der Waals surface area contributed by atoms with Gasteiger partial charge in [-0.05, 0) is 247 Å². The predicted octanol–water partition coefficient (Wildman–Crippen LogP) is 25.2. The van der Waals surface area contributed by atoms with Gasteiger partial charge < -0.3 is 0 Å². The first-order chi connectivity index (χ1) is 36.2.